The molecule has 54 heavy (non-hydrogen) atoms. The van der Waals surface area contributed by atoms with E-state index in [1.807, 2.05) is 143 Å². The number of halogens is 1. The average Bonchev–Trinajstić information content (AvgIpc) is 3.77. The summed E-state index contributed by atoms with van der Waals surface area (Å²) in [7, 11) is 0. The van der Waals surface area contributed by atoms with Crippen LogP contribution in [0, 0.1) is 17.9 Å². The predicted octanol–water partition coefficient (Wildman–Crippen LogP) is 13.0. The van der Waals surface area contributed by atoms with Crippen LogP contribution in [0.5, 0.6) is 0 Å². The maximum Gasteiger partial charge on any atom is 0.123 e. The van der Waals surface area contributed by atoms with Crippen molar-refractivity contribution in [2.75, 3.05) is 0 Å². The van der Waals surface area contributed by atoms with Gasteiger partial charge < -0.3 is 14.0 Å². The van der Waals surface area contributed by atoms with Crippen LogP contribution in [0.3, 0.4) is 0 Å². The van der Waals surface area contributed by atoms with Gasteiger partial charge in [0.1, 0.15) is 11.4 Å². The van der Waals surface area contributed by atoms with E-state index in [1.54, 1.807) is 18.3 Å². The first-order valence-corrected chi connectivity index (χ1v) is 17.6. The molecule has 6 heteroatoms. The predicted molar refractivity (Wildman–Crippen MR) is 215 cm³/mol. The van der Waals surface area contributed by atoms with Crippen molar-refractivity contribution in [2.45, 2.75) is 39.5 Å². The molecule has 4 nitrogen and oxygen atoms in total. The average molecular weight is 886 g/mol. The van der Waals surface area contributed by atoms with E-state index < -0.39 is 11.8 Å². The van der Waals surface area contributed by atoms with Crippen molar-refractivity contribution >= 4 is 33.0 Å². The molecule has 9 rings (SSSR count). The molecule has 9 aromatic rings. The van der Waals surface area contributed by atoms with Crippen LogP contribution in [-0.2, 0) is 20.1 Å². The third kappa shape index (κ3) is 7.03. The van der Waals surface area contributed by atoms with Gasteiger partial charge in [-0.15, -0.1) is 54.1 Å². The zero-order valence-corrected chi connectivity index (χ0v) is 32.7. The third-order valence-electron chi connectivity index (χ3n) is 9.38. The molecule has 0 amide bonds. The van der Waals surface area contributed by atoms with Gasteiger partial charge in [0, 0.05) is 40.1 Å². The number of nitrogens with zero attached hydrogens (tertiary/aromatic N) is 3. The molecule has 3 aromatic heterocycles. The van der Waals surface area contributed by atoms with Gasteiger partial charge in [-0.25, -0.2) is 4.39 Å². The summed E-state index contributed by atoms with van der Waals surface area (Å²) in [6.07, 6.45) is 1.75. The Morgan fingerprint density at radius 3 is 2.17 bits per heavy atom. The van der Waals surface area contributed by atoms with Gasteiger partial charge in [-0.05, 0) is 76.1 Å². The van der Waals surface area contributed by atoms with Crippen LogP contribution < -0.4 is 0 Å². The molecule has 0 saturated heterocycles. The Balaban J connectivity index is 0.000000169. The summed E-state index contributed by atoms with van der Waals surface area (Å²) in [6, 6.07) is 50.5. The molecule has 0 aliphatic rings. The zero-order valence-electron chi connectivity index (χ0n) is 32.3. The summed E-state index contributed by atoms with van der Waals surface area (Å²) in [5, 5.41) is 2.12. The summed E-state index contributed by atoms with van der Waals surface area (Å²) >= 11 is 0. The SMILES string of the molecule is Fc1ccc(-c2ccnc(-c3[c-]ccc4c3oc3ccccc34)c2)cc1.[2H]C(C)(C)c1cccc(C([2H])(C)C)c1-n1c(-c2[c-]cccc2)nc2ccccc21.[Ir]. The smallest absolute Gasteiger partial charge is 0.123 e. The van der Waals surface area contributed by atoms with Crippen LogP contribution in [0.4, 0.5) is 4.39 Å². The van der Waals surface area contributed by atoms with Gasteiger partial charge in [-0.2, -0.15) is 0 Å². The molecule has 0 spiro atoms. The molecule has 0 aliphatic carbocycles. The molecule has 6 aromatic carbocycles. The van der Waals surface area contributed by atoms with E-state index in [0.29, 0.717) is 0 Å². The largest absolute Gasteiger partial charge is 0.501 e. The van der Waals surface area contributed by atoms with E-state index in [0.717, 1.165) is 83.6 Å². The number of benzene rings is 6. The monoisotopic (exact) mass is 886 g/mol. The van der Waals surface area contributed by atoms with Gasteiger partial charge in [0.25, 0.3) is 0 Å². The van der Waals surface area contributed by atoms with Crippen molar-refractivity contribution in [3.8, 4) is 39.5 Å². The zero-order chi connectivity index (χ0) is 38.3. The first-order valence-electron chi connectivity index (χ1n) is 18.6. The quantitative estimate of drug-likeness (QED) is 0.156. The molecule has 3 heterocycles. The number of rotatable bonds is 6. The van der Waals surface area contributed by atoms with Crippen LogP contribution in [0.2, 0.25) is 0 Å². The van der Waals surface area contributed by atoms with E-state index in [1.165, 1.54) is 12.1 Å². The molecule has 0 fully saturated rings. The van der Waals surface area contributed by atoms with Crippen LogP contribution >= 0.6 is 0 Å². The van der Waals surface area contributed by atoms with E-state index in [9.17, 15) is 4.39 Å². The fourth-order valence-corrected chi connectivity index (χ4v) is 6.83. The van der Waals surface area contributed by atoms with Gasteiger partial charge in [0.05, 0.1) is 22.4 Å². The summed E-state index contributed by atoms with van der Waals surface area (Å²) in [5.41, 5.74) is 10.5. The number of pyridine rings is 1. The second-order valence-corrected chi connectivity index (χ2v) is 13.4. The van der Waals surface area contributed by atoms with Crippen molar-refractivity contribution in [1.29, 1.82) is 0 Å². The Labute approximate surface area is 331 Å². The Morgan fingerprint density at radius 1 is 0.704 bits per heavy atom. The molecule has 0 aliphatic heterocycles. The van der Waals surface area contributed by atoms with Crippen molar-refractivity contribution < 1.29 is 31.7 Å². The standard InChI is InChI=1S/C25H25N2.C23H13FNO.Ir/c1-17(2)20-13-10-14-21(18(3)4)24(20)27-23-16-9-8-15-22(23)26-25(27)19-11-6-5-7-12-19;24-17-10-8-15(9-11-17)16-12-13-25-21(14-16)20-6-3-5-19-18-4-1-2-7-22(18)26-23(19)20;/h5-11,13-18H,1-4H3;1-5,7-14H;/q2*-1;/i17D,18D;;. The molecule has 269 valence electrons. The Bertz CT molecular complexity index is 2770. The number of para-hydroxylation sites is 4. The number of hydrogen-bond donors (Lipinski definition) is 0. The van der Waals surface area contributed by atoms with Gasteiger partial charge in [0.2, 0.25) is 0 Å². The van der Waals surface area contributed by atoms with E-state index in [4.69, 9.17) is 12.1 Å². The van der Waals surface area contributed by atoms with Crippen LogP contribution in [0.25, 0.3) is 72.4 Å². The number of furan rings is 1. The number of imidazole rings is 1. The second-order valence-electron chi connectivity index (χ2n) is 13.4. The number of hydrogen-bond acceptors (Lipinski definition) is 3. The molecule has 0 bridgehead atoms. The minimum absolute atomic E-state index is 0. The summed E-state index contributed by atoms with van der Waals surface area (Å²) in [5.74, 6) is -1.14. The van der Waals surface area contributed by atoms with Crippen LogP contribution in [0.15, 0.2) is 150 Å². The summed E-state index contributed by atoms with van der Waals surface area (Å²) in [6.45, 7) is 7.56. The van der Waals surface area contributed by atoms with Crippen molar-refractivity contribution in [2.24, 2.45) is 0 Å². The summed E-state index contributed by atoms with van der Waals surface area (Å²) in [4.78, 5) is 9.42. The van der Waals surface area contributed by atoms with Crippen molar-refractivity contribution in [1.82, 2.24) is 14.5 Å². The first-order chi connectivity index (χ1) is 26.5. The van der Waals surface area contributed by atoms with E-state index >= 15 is 0 Å². The van der Waals surface area contributed by atoms with Crippen LogP contribution in [-0.4, -0.2) is 14.5 Å². The Morgan fingerprint density at radius 2 is 1.43 bits per heavy atom. The van der Waals surface area contributed by atoms with Gasteiger partial charge in [-0.3, -0.25) is 4.98 Å². The second kappa shape index (κ2) is 15.7. The Kier molecular flexibility index (Phi) is 9.94. The molecule has 0 saturated carbocycles. The maximum absolute atomic E-state index is 13.2. The van der Waals surface area contributed by atoms with Gasteiger partial charge in [0.15, 0.2) is 0 Å². The van der Waals surface area contributed by atoms with Crippen molar-refractivity contribution in [3.63, 3.8) is 0 Å². The molecule has 0 atom stereocenters. The molecule has 1 radical (unpaired) electrons. The first kappa shape index (κ1) is 34.1. The van der Waals surface area contributed by atoms with Crippen LogP contribution in [0.1, 0.15) is 53.4 Å². The van der Waals surface area contributed by atoms with Gasteiger partial charge >= 0.3 is 0 Å². The minimum atomic E-state index is -0.834. The fraction of sp³-hybridized carbons (Fsp3) is 0.125. The third-order valence-corrected chi connectivity index (χ3v) is 9.38. The maximum atomic E-state index is 13.2. The minimum Gasteiger partial charge on any atom is -0.501 e. The number of fused-ring (bicyclic) bond motifs is 4. The topological polar surface area (TPSA) is 43.9 Å². The van der Waals surface area contributed by atoms with E-state index in [-0.39, 0.29) is 25.9 Å². The number of aromatic nitrogens is 3. The van der Waals surface area contributed by atoms with E-state index in [2.05, 4.69) is 21.7 Å². The Hall–Kier alpha value is -5.68. The molecular weight excluding hydrogens is 846 g/mol. The molecule has 0 unspecified atom stereocenters. The summed E-state index contributed by atoms with van der Waals surface area (Å²) < 4.78 is 39.0. The normalized spacial score (nSPS) is 12.2. The van der Waals surface area contributed by atoms with Gasteiger partial charge in [-0.1, -0.05) is 105 Å². The van der Waals surface area contributed by atoms with Crippen molar-refractivity contribution in [3.05, 3.63) is 175 Å². The molecular formula is C48H38FIrN3O-2. The molecule has 0 N–H and O–H groups in total. The fourth-order valence-electron chi connectivity index (χ4n) is 6.83.